The fourth-order valence-electron chi connectivity index (χ4n) is 2.04. The van der Waals surface area contributed by atoms with E-state index < -0.39 is 30.4 Å². The van der Waals surface area contributed by atoms with Crippen molar-refractivity contribution in [1.29, 1.82) is 0 Å². The highest BCUT2D eigenvalue weighted by Crippen LogP contribution is 2.12. The predicted octanol–water partition coefficient (Wildman–Crippen LogP) is -2.33. The molecule has 1 unspecified atom stereocenters. The number of amides is 3. The van der Waals surface area contributed by atoms with E-state index in [2.05, 4.69) is 5.32 Å². The molecule has 9 nitrogen and oxygen atoms in total. The molecule has 0 saturated carbocycles. The lowest BCUT2D eigenvalue weighted by Gasteiger charge is -2.37. The number of hydrogen-bond donors (Lipinski definition) is 4. The summed E-state index contributed by atoms with van der Waals surface area (Å²) in [7, 11) is 0. The standard InChI is InChI=1S/C11H19N3O6/c15-5-3-13(4-6-16)11(20)14-2-1-12-10(19)8(14)7-9(17)18/h8,15-16H,1-7H2,(H,12,19)(H,17,18). The van der Waals surface area contributed by atoms with Crippen LogP contribution in [0.25, 0.3) is 0 Å². The zero-order valence-corrected chi connectivity index (χ0v) is 11.0. The monoisotopic (exact) mass is 289 g/mol. The first-order chi connectivity index (χ1) is 9.51. The number of aliphatic hydroxyl groups excluding tert-OH is 2. The minimum absolute atomic E-state index is 0.0112. The van der Waals surface area contributed by atoms with Gasteiger partial charge in [0, 0.05) is 26.2 Å². The maximum atomic E-state index is 12.3. The van der Waals surface area contributed by atoms with Gasteiger partial charge in [0.15, 0.2) is 0 Å². The zero-order chi connectivity index (χ0) is 15.1. The molecule has 1 heterocycles. The van der Waals surface area contributed by atoms with Crippen LogP contribution in [0.1, 0.15) is 6.42 Å². The molecule has 1 aliphatic heterocycles. The summed E-state index contributed by atoms with van der Waals surface area (Å²) in [6.45, 7) is -0.109. The number of hydrogen-bond acceptors (Lipinski definition) is 5. The van der Waals surface area contributed by atoms with Crippen LogP contribution < -0.4 is 5.32 Å². The largest absolute Gasteiger partial charge is 0.481 e. The van der Waals surface area contributed by atoms with E-state index in [1.165, 1.54) is 4.90 Å². The molecule has 1 aliphatic rings. The first-order valence-electron chi connectivity index (χ1n) is 6.28. The van der Waals surface area contributed by atoms with Gasteiger partial charge in [0.25, 0.3) is 0 Å². The Kier molecular flexibility index (Phi) is 6.19. The summed E-state index contributed by atoms with van der Waals surface area (Å²) in [5.74, 6) is -1.69. The Labute approximate surface area is 115 Å². The van der Waals surface area contributed by atoms with Gasteiger partial charge in [-0.05, 0) is 0 Å². The van der Waals surface area contributed by atoms with Crippen LogP contribution in [-0.2, 0) is 9.59 Å². The molecule has 0 spiro atoms. The van der Waals surface area contributed by atoms with Crippen LogP contribution >= 0.6 is 0 Å². The van der Waals surface area contributed by atoms with Gasteiger partial charge < -0.3 is 30.4 Å². The van der Waals surface area contributed by atoms with Crippen molar-refractivity contribution >= 4 is 17.9 Å². The maximum absolute atomic E-state index is 12.3. The number of rotatable bonds is 6. The summed E-state index contributed by atoms with van der Waals surface area (Å²) in [6.07, 6.45) is -0.482. The number of urea groups is 1. The molecule has 1 fully saturated rings. The third-order valence-electron chi connectivity index (χ3n) is 2.95. The Morgan fingerprint density at radius 1 is 1.30 bits per heavy atom. The van der Waals surface area contributed by atoms with Gasteiger partial charge in [-0.2, -0.15) is 0 Å². The molecule has 9 heteroatoms. The molecule has 1 rings (SSSR count). The van der Waals surface area contributed by atoms with Crippen molar-refractivity contribution in [2.75, 3.05) is 39.4 Å². The normalized spacial score (nSPS) is 18.6. The zero-order valence-electron chi connectivity index (χ0n) is 11.0. The minimum Gasteiger partial charge on any atom is -0.481 e. The number of aliphatic hydroxyl groups is 2. The van der Waals surface area contributed by atoms with Gasteiger partial charge >= 0.3 is 12.0 Å². The molecule has 3 amide bonds. The SMILES string of the molecule is O=C(O)CC1C(=O)NCCN1C(=O)N(CCO)CCO. The second kappa shape index (κ2) is 7.65. The number of nitrogens with zero attached hydrogens (tertiary/aromatic N) is 2. The van der Waals surface area contributed by atoms with E-state index in [1.807, 2.05) is 0 Å². The van der Waals surface area contributed by atoms with Gasteiger partial charge in [-0.25, -0.2) is 4.79 Å². The molecule has 20 heavy (non-hydrogen) atoms. The number of piperazine rings is 1. The second-order valence-corrected chi connectivity index (χ2v) is 4.31. The summed E-state index contributed by atoms with van der Waals surface area (Å²) < 4.78 is 0. The van der Waals surface area contributed by atoms with Crippen molar-refractivity contribution < 1.29 is 29.7 Å². The van der Waals surface area contributed by atoms with Crippen molar-refractivity contribution in [2.45, 2.75) is 12.5 Å². The fourth-order valence-corrected chi connectivity index (χ4v) is 2.04. The van der Waals surface area contributed by atoms with E-state index in [-0.39, 0.29) is 39.4 Å². The first kappa shape index (κ1) is 16.2. The Morgan fingerprint density at radius 2 is 1.90 bits per heavy atom. The van der Waals surface area contributed by atoms with Crippen molar-refractivity contribution in [1.82, 2.24) is 15.1 Å². The summed E-state index contributed by atoms with van der Waals surface area (Å²) in [4.78, 5) is 37.1. The number of aliphatic carboxylic acids is 1. The number of carbonyl (C=O) groups is 3. The van der Waals surface area contributed by atoms with Crippen molar-refractivity contribution in [3.63, 3.8) is 0 Å². The third-order valence-corrected chi connectivity index (χ3v) is 2.95. The molecular formula is C11H19N3O6. The van der Waals surface area contributed by atoms with Crippen LogP contribution in [-0.4, -0.2) is 88.5 Å². The van der Waals surface area contributed by atoms with E-state index in [1.54, 1.807) is 0 Å². The Balaban J connectivity index is 2.84. The van der Waals surface area contributed by atoms with E-state index in [4.69, 9.17) is 15.3 Å². The van der Waals surface area contributed by atoms with Gasteiger partial charge in [-0.15, -0.1) is 0 Å². The lowest BCUT2D eigenvalue weighted by atomic mass is 10.1. The van der Waals surface area contributed by atoms with Crippen LogP contribution in [0.2, 0.25) is 0 Å². The minimum atomic E-state index is -1.18. The maximum Gasteiger partial charge on any atom is 0.320 e. The van der Waals surface area contributed by atoms with Gasteiger partial charge in [0.1, 0.15) is 6.04 Å². The number of carboxylic acid groups (broad SMARTS) is 1. The average molecular weight is 289 g/mol. The molecule has 0 aliphatic carbocycles. The van der Waals surface area contributed by atoms with Gasteiger partial charge in [-0.3, -0.25) is 9.59 Å². The molecule has 1 atom stereocenters. The number of carbonyl (C=O) groups excluding carboxylic acids is 2. The molecule has 1 saturated heterocycles. The highest BCUT2D eigenvalue weighted by atomic mass is 16.4. The van der Waals surface area contributed by atoms with Crippen LogP contribution in [0, 0.1) is 0 Å². The van der Waals surface area contributed by atoms with Crippen molar-refractivity contribution in [3.05, 3.63) is 0 Å². The van der Waals surface area contributed by atoms with Crippen LogP contribution in [0.5, 0.6) is 0 Å². The van der Waals surface area contributed by atoms with Gasteiger partial charge in [0.2, 0.25) is 5.91 Å². The summed E-state index contributed by atoms with van der Waals surface area (Å²) in [5, 5.41) is 29.1. The summed E-state index contributed by atoms with van der Waals surface area (Å²) in [5.41, 5.74) is 0. The number of carboxylic acids is 1. The van der Waals surface area contributed by atoms with Crippen molar-refractivity contribution in [2.24, 2.45) is 0 Å². The quantitative estimate of drug-likeness (QED) is 0.434. The van der Waals surface area contributed by atoms with Gasteiger partial charge in [0.05, 0.1) is 19.6 Å². The molecule has 0 aromatic heterocycles. The van der Waals surface area contributed by atoms with E-state index in [9.17, 15) is 14.4 Å². The lowest BCUT2D eigenvalue weighted by Crippen LogP contribution is -2.60. The third kappa shape index (κ3) is 4.07. The number of nitrogens with one attached hydrogen (secondary N) is 1. The molecule has 0 aromatic rings. The summed E-state index contributed by atoms with van der Waals surface area (Å²) >= 11 is 0. The Bertz CT molecular complexity index is 369. The van der Waals surface area contributed by atoms with Crippen LogP contribution in [0.15, 0.2) is 0 Å². The molecule has 114 valence electrons. The second-order valence-electron chi connectivity index (χ2n) is 4.31. The van der Waals surface area contributed by atoms with E-state index in [0.717, 1.165) is 4.90 Å². The lowest BCUT2D eigenvalue weighted by molar-refractivity contribution is -0.142. The topological polar surface area (TPSA) is 130 Å². The molecule has 0 aromatic carbocycles. The van der Waals surface area contributed by atoms with Crippen LogP contribution in [0.3, 0.4) is 0 Å². The van der Waals surface area contributed by atoms with E-state index in [0.29, 0.717) is 0 Å². The Hall–Kier alpha value is -1.87. The Morgan fingerprint density at radius 3 is 2.40 bits per heavy atom. The molecular weight excluding hydrogens is 270 g/mol. The van der Waals surface area contributed by atoms with E-state index >= 15 is 0 Å². The first-order valence-corrected chi connectivity index (χ1v) is 6.28. The van der Waals surface area contributed by atoms with Crippen molar-refractivity contribution in [3.8, 4) is 0 Å². The van der Waals surface area contributed by atoms with Gasteiger partial charge in [-0.1, -0.05) is 0 Å². The smallest absolute Gasteiger partial charge is 0.320 e. The predicted molar refractivity (Wildman–Crippen MR) is 66.9 cm³/mol. The highest BCUT2D eigenvalue weighted by molar-refractivity contribution is 5.91. The summed E-state index contributed by atoms with van der Waals surface area (Å²) in [6, 6.07) is -1.64. The molecule has 0 bridgehead atoms. The fraction of sp³-hybridized carbons (Fsp3) is 0.727. The van der Waals surface area contributed by atoms with Crippen LogP contribution in [0.4, 0.5) is 4.79 Å². The average Bonchev–Trinajstić information content (AvgIpc) is 2.39. The molecule has 4 N–H and O–H groups in total. The highest BCUT2D eigenvalue weighted by Gasteiger charge is 2.36. The molecule has 0 radical (unpaired) electrons.